The molecular formula is C10H9ClF4O2. The highest BCUT2D eigenvalue weighted by Crippen LogP contribution is 2.24. The van der Waals surface area contributed by atoms with Crippen molar-refractivity contribution in [1.29, 1.82) is 0 Å². The Kier molecular flexibility index (Phi) is 5.02. The minimum atomic E-state index is -4.71. The Morgan fingerprint density at radius 3 is 2.47 bits per heavy atom. The van der Waals surface area contributed by atoms with Crippen molar-refractivity contribution in [3.05, 3.63) is 29.6 Å². The number of halogens is 5. The third-order valence-corrected chi connectivity index (χ3v) is 2.08. The van der Waals surface area contributed by atoms with E-state index < -0.39 is 25.4 Å². The summed E-state index contributed by atoms with van der Waals surface area (Å²) in [5.74, 6) is -0.809. The van der Waals surface area contributed by atoms with Gasteiger partial charge in [-0.3, -0.25) is 4.74 Å². The van der Waals surface area contributed by atoms with Crippen molar-refractivity contribution >= 4 is 11.6 Å². The second kappa shape index (κ2) is 6.07. The molecule has 0 radical (unpaired) electrons. The zero-order chi connectivity index (χ0) is 12.9. The quantitative estimate of drug-likeness (QED) is 0.464. The molecule has 0 spiro atoms. The molecule has 0 aromatic heterocycles. The number of hydrogen-bond acceptors (Lipinski definition) is 2. The predicted molar refractivity (Wildman–Crippen MR) is 53.5 cm³/mol. The predicted octanol–water partition coefficient (Wildman–Crippen LogP) is 3.48. The van der Waals surface area contributed by atoms with Crippen molar-refractivity contribution in [2.24, 2.45) is 0 Å². The smallest absolute Gasteiger partial charge is 0.488 e. The number of hydrogen-bond donors (Lipinski definition) is 0. The summed E-state index contributed by atoms with van der Waals surface area (Å²) in [6.07, 6.45) is -4.71. The van der Waals surface area contributed by atoms with Crippen LogP contribution in [0.4, 0.5) is 17.6 Å². The van der Waals surface area contributed by atoms with Crippen LogP contribution in [0, 0.1) is 5.82 Å². The molecule has 0 atom stereocenters. The fourth-order valence-corrected chi connectivity index (χ4v) is 1.33. The summed E-state index contributed by atoms with van der Waals surface area (Å²) in [6, 6.07) is 4.10. The summed E-state index contributed by atoms with van der Waals surface area (Å²) in [5.41, 5.74) is 0.374. The molecular weight excluding hydrogens is 264 g/mol. The van der Waals surface area contributed by atoms with Crippen molar-refractivity contribution < 1.29 is 27.0 Å². The van der Waals surface area contributed by atoms with E-state index >= 15 is 0 Å². The van der Waals surface area contributed by atoms with Crippen LogP contribution in [-0.2, 0) is 10.6 Å². The minimum Gasteiger partial charge on any atom is -0.488 e. The van der Waals surface area contributed by atoms with E-state index in [1.54, 1.807) is 0 Å². The number of alkyl halides is 4. The molecule has 0 aliphatic rings. The second-order valence-corrected chi connectivity index (χ2v) is 3.27. The first-order chi connectivity index (χ1) is 7.94. The molecule has 0 aliphatic carbocycles. The highest BCUT2D eigenvalue weighted by Gasteiger charge is 2.28. The zero-order valence-corrected chi connectivity index (χ0v) is 9.32. The van der Waals surface area contributed by atoms with Crippen molar-refractivity contribution in [1.82, 2.24) is 0 Å². The van der Waals surface area contributed by atoms with Crippen LogP contribution in [0.1, 0.15) is 5.56 Å². The maximum atomic E-state index is 13.3. The van der Waals surface area contributed by atoms with Gasteiger partial charge in [-0.1, -0.05) is 12.1 Å². The van der Waals surface area contributed by atoms with Crippen molar-refractivity contribution in [2.45, 2.75) is 12.2 Å². The molecule has 0 saturated heterocycles. The molecule has 0 N–H and O–H groups in total. The molecule has 2 nitrogen and oxygen atoms in total. The van der Waals surface area contributed by atoms with Gasteiger partial charge in [-0.2, -0.15) is 0 Å². The van der Waals surface area contributed by atoms with Gasteiger partial charge in [0.1, 0.15) is 6.61 Å². The standard InChI is InChI=1S/C10H9ClF4O2/c11-6-7-2-1-3-8(12)9(7)16-4-5-17-10(13,14)15/h1-3H,4-6H2. The summed E-state index contributed by atoms with van der Waals surface area (Å²) in [4.78, 5) is 0. The number of benzene rings is 1. The molecule has 0 amide bonds. The monoisotopic (exact) mass is 272 g/mol. The van der Waals surface area contributed by atoms with Crippen LogP contribution >= 0.6 is 11.6 Å². The van der Waals surface area contributed by atoms with E-state index in [2.05, 4.69) is 4.74 Å². The van der Waals surface area contributed by atoms with Crippen LogP contribution in [0.25, 0.3) is 0 Å². The molecule has 1 rings (SSSR count). The molecule has 0 saturated carbocycles. The highest BCUT2D eigenvalue weighted by molar-refractivity contribution is 6.17. The summed E-state index contributed by atoms with van der Waals surface area (Å²) >= 11 is 5.53. The Bertz CT molecular complexity index is 368. The van der Waals surface area contributed by atoms with Gasteiger partial charge in [-0.05, 0) is 6.07 Å². The van der Waals surface area contributed by atoms with Crippen molar-refractivity contribution in [3.63, 3.8) is 0 Å². The normalized spacial score (nSPS) is 11.6. The molecule has 17 heavy (non-hydrogen) atoms. The summed E-state index contributed by atoms with van der Waals surface area (Å²) in [5, 5.41) is 0. The summed E-state index contributed by atoms with van der Waals surface area (Å²) in [6.45, 7) is -1.12. The van der Waals surface area contributed by atoms with E-state index in [9.17, 15) is 17.6 Å². The lowest BCUT2D eigenvalue weighted by Crippen LogP contribution is -2.18. The van der Waals surface area contributed by atoms with Crippen LogP contribution in [0.15, 0.2) is 18.2 Å². The summed E-state index contributed by atoms with van der Waals surface area (Å²) < 4.78 is 56.5. The molecule has 0 unspecified atom stereocenters. The zero-order valence-electron chi connectivity index (χ0n) is 8.56. The number of para-hydroxylation sites is 1. The molecule has 0 heterocycles. The molecule has 0 bridgehead atoms. The third-order valence-electron chi connectivity index (χ3n) is 1.79. The highest BCUT2D eigenvalue weighted by atomic mass is 35.5. The number of rotatable bonds is 5. The maximum Gasteiger partial charge on any atom is 0.522 e. The fraction of sp³-hybridized carbons (Fsp3) is 0.400. The Hall–Kier alpha value is -1.01. The average Bonchev–Trinajstić information content (AvgIpc) is 2.24. The average molecular weight is 273 g/mol. The van der Waals surface area contributed by atoms with Crippen molar-refractivity contribution in [2.75, 3.05) is 13.2 Å². The first-order valence-corrected chi connectivity index (χ1v) is 5.14. The van der Waals surface area contributed by atoms with Crippen LogP contribution in [0.3, 0.4) is 0 Å². The molecule has 96 valence electrons. The van der Waals surface area contributed by atoms with E-state index in [1.807, 2.05) is 0 Å². The SMILES string of the molecule is Fc1cccc(CCl)c1OCCOC(F)(F)F. The first-order valence-electron chi connectivity index (χ1n) is 4.61. The van der Waals surface area contributed by atoms with Gasteiger partial charge in [0, 0.05) is 5.56 Å². The minimum absolute atomic E-state index is 0.00716. The second-order valence-electron chi connectivity index (χ2n) is 3.00. The van der Waals surface area contributed by atoms with E-state index in [1.165, 1.54) is 12.1 Å². The molecule has 0 fully saturated rings. The van der Waals surface area contributed by atoms with Gasteiger partial charge in [0.25, 0.3) is 0 Å². The van der Waals surface area contributed by atoms with Crippen LogP contribution in [-0.4, -0.2) is 19.6 Å². The van der Waals surface area contributed by atoms with E-state index in [0.29, 0.717) is 5.56 Å². The van der Waals surface area contributed by atoms with Crippen LogP contribution < -0.4 is 4.74 Å². The fourth-order valence-electron chi connectivity index (χ4n) is 1.12. The van der Waals surface area contributed by atoms with Gasteiger partial charge >= 0.3 is 6.36 Å². The van der Waals surface area contributed by atoms with E-state index in [4.69, 9.17) is 16.3 Å². The molecule has 7 heteroatoms. The lowest BCUT2D eigenvalue weighted by atomic mass is 10.2. The largest absolute Gasteiger partial charge is 0.522 e. The summed E-state index contributed by atoms with van der Waals surface area (Å²) in [7, 11) is 0. The third kappa shape index (κ3) is 4.79. The van der Waals surface area contributed by atoms with Gasteiger partial charge in [0.05, 0.1) is 12.5 Å². The Morgan fingerprint density at radius 1 is 1.18 bits per heavy atom. The lowest BCUT2D eigenvalue weighted by molar-refractivity contribution is -0.325. The van der Waals surface area contributed by atoms with Gasteiger partial charge < -0.3 is 4.74 Å². The number of ether oxygens (including phenoxy) is 2. The van der Waals surface area contributed by atoms with E-state index in [-0.39, 0.29) is 11.6 Å². The topological polar surface area (TPSA) is 18.5 Å². The van der Waals surface area contributed by atoms with Crippen molar-refractivity contribution in [3.8, 4) is 5.75 Å². The first kappa shape index (κ1) is 14.1. The Morgan fingerprint density at radius 2 is 1.88 bits per heavy atom. The van der Waals surface area contributed by atoms with Gasteiger partial charge in [-0.15, -0.1) is 24.8 Å². The van der Waals surface area contributed by atoms with Gasteiger partial charge in [0.2, 0.25) is 0 Å². The van der Waals surface area contributed by atoms with Gasteiger partial charge in [-0.25, -0.2) is 4.39 Å². The Labute approximate surface area is 100 Å². The van der Waals surface area contributed by atoms with Crippen LogP contribution in [0.5, 0.6) is 5.75 Å². The molecule has 1 aromatic rings. The Balaban J connectivity index is 2.52. The van der Waals surface area contributed by atoms with Gasteiger partial charge in [0.15, 0.2) is 11.6 Å². The van der Waals surface area contributed by atoms with Crippen LogP contribution in [0.2, 0.25) is 0 Å². The molecule has 1 aromatic carbocycles. The maximum absolute atomic E-state index is 13.3. The van der Waals surface area contributed by atoms with E-state index in [0.717, 1.165) is 6.07 Å². The lowest BCUT2D eigenvalue weighted by Gasteiger charge is -2.11. The molecule has 0 aliphatic heterocycles.